The van der Waals surface area contributed by atoms with E-state index in [0.29, 0.717) is 16.6 Å². The van der Waals surface area contributed by atoms with Gasteiger partial charge >= 0.3 is 0 Å². The number of rotatable bonds is 3. The zero-order valence-electron chi connectivity index (χ0n) is 8.06. The van der Waals surface area contributed by atoms with E-state index in [1.807, 2.05) is 0 Å². The van der Waals surface area contributed by atoms with E-state index in [1.165, 1.54) is 0 Å². The summed E-state index contributed by atoms with van der Waals surface area (Å²) < 4.78 is 0. The van der Waals surface area contributed by atoms with Crippen LogP contribution in [0.5, 0.6) is 0 Å². The smallest absolute Gasteiger partial charge is 0.107 e. The average molecular weight is 244 g/mol. The van der Waals surface area contributed by atoms with Crippen LogP contribution < -0.4 is 5.73 Å². The van der Waals surface area contributed by atoms with Gasteiger partial charge in [0.05, 0.1) is 21.1 Å². The Morgan fingerprint density at radius 1 is 1.27 bits per heavy atom. The number of fused-ring (bicyclic) bond motifs is 1. The molecular formula is C10H11Cl2N3. The van der Waals surface area contributed by atoms with Crippen LogP contribution in [0.4, 0.5) is 0 Å². The number of nitrogens with zero attached hydrogens (tertiary/aromatic N) is 1. The lowest BCUT2D eigenvalue weighted by molar-refractivity contribution is 0.796. The minimum atomic E-state index is 0.529. The lowest BCUT2D eigenvalue weighted by atomic mass is 10.3. The first-order valence-corrected chi connectivity index (χ1v) is 5.50. The van der Waals surface area contributed by atoms with Crippen molar-refractivity contribution in [3.63, 3.8) is 0 Å². The van der Waals surface area contributed by atoms with Crippen molar-refractivity contribution in [2.45, 2.75) is 12.8 Å². The van der Waals surface area contributed by atoms with Gasteiger partial charge in [-0.25, -0.2) is 4.98 Å². The van der Waals surface area contributed by atoms with Gasteiger partial charge in [0.1, 0.15) is 5.82 Å². The van der Waals surface area contributed by atoms with Gasteiger partial charge in [0, 0.05) is 6.42 Å². The van der Waals surface area contributed by atoms with Gasteiger partial charge in [0.2, 0.25) is 0 Å². The molecule has 0 radical (unpaired) electrons. The molecule has 2 rings (SSSR count). The molecule has 0 aliphatic carbocycles. The first-order chi connectivity index (χ1) is 7.20. The van der Waals surface area contributed by atoms with Crippen molar-refractivity contribution in [2.75, 3.05) is 6.54 Å². The summed E-state index contributed by atoms with van der Waals surface area (Å²) in [5.41, 5.74) is 7.19. The third kappa shape index (κ3) is 2.25. The van der Waals surface area contributed by atoms with Crippen LogP contribution in [0.2, 0.25) is 10.0 Å². The van der Waals surface area contributed by atoms with Crippen molar-refractivity contribution >= 4 is 34.2 Å². The predicted molar refractivity (Wildman–Crippen MR) is 63.5 cm³/mol. The van der Waals surface area contributed by atoms with Gasteiger partial charge in [-0.05, 0) is 25.1 Å². The number of imidazole rings is 1. The molecule has 0 unspecified atom stereocenters. The third-order valence-corrected chi connectivity index (χ3v) is 2.91. The number of aromatic nitrogens is 2. The summed E-state index contributed by atoms with van der Waals surface area (Å²) in [7, 11) is 0. The number of hydrogen-bond donors (Lipinski definition) is 2. The van der Waals surface area contributed by atoms with Crippen LogP contribution in [0.3, 0.4) is 0 Å². The SMILES string of the molecule is NCCCc1nc2cc(Cl)c(Cl)cc2[nH]1. The van der Waals surface area contributed by atoms with E-state index in [2.05, 4.69) is 9.97 Å². The first kappa shape index (κ1) is 10.7. The quantitative estimate of drug-likeness (QED) is 0.872. The van der Waals surface area contributed by atoms with Gasteiger partial charge in [-0.15, -0.1) is 0 Å². The van der Waals surface area contributed by atoms with Crippen LogP contribution in [0.25, 0.3) is 11.0 Å². The molecule has 3 N–H and O–H groups in total. The number of nitrogens with two attached hydrogens (primary N) is 1. The van der Waals surface area contributed by atoms with Crippen molar-refractivity contribution in [2.24, 2.45) is 5.73 Å². The van der Waals surface area contributed by atoms with Crippen LogP contribution in [0.1, 0.15) is 12.2 Å². The Morgan fingerprint density at radius 3 is 2.73 bits per heavy atom. The summed E-state index contributed by atoms with van der Waals surface area (Å²) in [6.45, 7) is 0.665. The summed E-state index contributed by atoms with van der Waals surface area (Å²) in [4.78, 5) is 7.59. The topological polar surface area (TPSA) is 54.7 Å². The number of nitrogens with one attached hydrogen (secondary N) is 1. The lowest BCUT2D eigenvalue weighted by Crippen LogP contribution is -2.01. The first-order valence-electron chi connectivity index (χ1n) is 4.74. The van der Waals surface area contributed by atoms with Gasteiger partial charge in [-0.2, -0.15) is 0 Å². The number of aromatic amines is 1. The zero-order chi connectivity index (χ0) is 10.8. The van der Waals surface area contributed by atoms with Gasteiger partial charge < -0.3 is 10.7 Å². The molecule has 1 heterocycles. The molecule has 0 saturated heterocycles. The van der Waals surface area contributed by atoms with E-state index < -0.39 is 0 Å². The van der Waals surface area contributed by atoms with Crippen LogP contribution in [0.15, 0.2) is 12.1 Å². The van der Waals surface area contributed by atoms with E-state index >= 15 is 0 Å². The van der Waals surface area contributed by atoms with Gasteiger partial charge in [0.25, 0.3) is 0 Å². The molecule has 0 aliphatic rings. The molecule has 0 atom stereocenters. The van der Waals surface area contributed by atoms with Crippen molar-refractivity contribution in [1.29, 1.82) is 0 Å². The second kappa shape index (κ2) is 4.39. The van der Waals surface area contributed by atoms with E-state index in [4.69, 9.17) is 28.9 Å². The highest BCUT2D eigenvalue weighted by Gasteiger charge is 2.05. The molecule has 80 valence electrons. The monoisotopic (exact) mass is 243 g/mol. The molecule has 0 saturated carbocycles. The summed E-state index contributed by atoms with van der Waals surface area (Å²) in [5.74, 6) is 0.925. The van der Waals surface area contributed by atoms with Crippen LogP contribution in [-0.2, 0) is 6.42 Å². The highest BCUT2D eigenvalue weighted by molar-refractivity contribution is 6.42. The Bertz CT molecular complexity index is 440. The minimum Gasteiger partial charge on any atom is -0.342 e. The van der Waals surface area contributed by atoms with Crippen molar-refractivity contribution in [3.05, 3.63) is 28.0 Å². The predicted octanol–water partition coefficient (Wildman–Crippen LogP) is 2.76. The fraction of sp³-hybridized carbons (Fsp3) is 0.300. The highest BCUT2D eigenvalue weighted by atomic mass is 35.5. The second-order valence-corrected chi connectivity index (χ2v) is 4.17. The van der Waals surface area contributed by atoms with Crippen LogP contribution in [-0.4, -0.2) is 16.5 Å². The van der Waals surface area contributed by atoms with Crippen molar-refractivity contribution < 1.29 is 0 Å². The molecular weight excluding hydrogens is 233 g/mol. The molecule has 5 heteroatoms. The molecule has 0 aliphatic heterocycles. The average Bonchev–Trinajstić information content (AvgIpc) is 2.58. The molecule has 3 nitrogen and oxygen atoms in total. The summed E-state index contributed by atoms with van der Waals surface area (Å²) in [6.07, 6.45) is 1.77. The van der Waals surface area contributed by atoms with Crippen molar-refractivity contribution in [3.8, 4) is 0 Å². The number of benzene rings is 1. The van der Waals surface area contributed by atoms with Crippen LogP contribution >= 0.6 is 23.2 Å². The molecule has 1 aromatic heterocycles. The number of aryl methyl sites for hydroxylation is 1. The number of H-pyrrole nitrogens is 1. The summed E-state index contributed by atoms with van der Waals surface area (Å²) >= 11 is 11.8. The molecule has 0 spiro atoms. The Labute approximate surface area is 97.6 Å². The van der Waals surface area contributed by atoms with Crippen molar-refractivity contribution in [1.82, 2.24) is 9.97 Å². The maximum Gasteiger partial charge on any atom is 0.107 e. The molecule has 0 amide bonds. The standard InChI is InChI=1S/C10H11Cl2N3/c11-6-4-8-9(5-7(6)12)15-10(14-8)2-1-3-13/h4-5H,1-3,13H2,(H,14,15). The molecule has 2 aromatic rings. The fourth-order valence-electron chi connectivity index (χ4n) is 1.45. The van der Waals surface area contributed by atoms with Gasteiger partial charge in [-0.3, -0.25) is 0 Å². The molecule has 0 fully saturated rings. The highest BCUT2D eigenvalue weighted by Crippen LogP contribution is 2.26. The second-order valence-electron chi connectivity index (χ2n) is 3.36. The maximum absolute atomic E-state index is 5.90. The Hall–Kier alpha value is -0.770. The summed E-state index contributed by atoms with van der Waals surface area (Å²) in [5, 5.41) is 1.07. The third-order valence-electron chi connectivity index (χ3n) is 2.19. The molecule has 15 heavy (non-hydrogen) atoms. The summed E-state index contributed by atoms with van der Waals surface area (Å²) in [6, 6.07) is 3.56. The Kier molecular flexibility index (Phi) is 3.14. The minimum absolute atomic E-state index is 0.529. The molecule has 0 bridgehead atoms. The fourth-order valence-corrected chi connectivity index (χ4v) is 1.77. The maximum atomic E-state index is 5.90. The molecule has 1 aromatic carbocycles. The van der Waals surface area contributed by atoms with Gasteiger partial charge in [0.15, 0.2) is 0 Å². The van der Waals surface area contributed by atoms with Crippen LogP contribution in [0, 0.1) is 0 Å². The largest absolute Gasteiger partial charge is 0.342 e. The normalized spacial score (nSPS) is 11.1. The van der Waals surface area contributed by atoms with E-state index in [1.54, 1.807) is 12.1 Å². The zero-order valence-corrected chi connectivity index (χ0v) is 9.57. The van der Waals surface area contributed by atoms with E-state index in [-0.39, 0.29) is 0 Å². The van der Waals surface area contributed by atoms with Gasteiger partial charge in [-0.1, -0.05) is 23.2 Å². The number of halogens is 2. The Balaban J connectivity index is 2.38. The Morgan fingerprint density at radius 2 is 2.00 bits per heavy atom. The lowest BCUT2D eigenvalue weighted by Gasteiger charge is -1.93. The van der Waals surface area contributed by atoms with E-state index in [0.717, 1.165) is 29.7 Å². The number of hydrogen-bond acceptors (Lipinski definition) is 2. The van der Waals surface area contributed by atoms with E-state index in [9.17, 15) is 0 Å².